The Labute approximate surface area is 132 Å². The molecular formula is C15H13ClN4O2. The number of aromatic nitrogens is 1. The van der Waals surface area contributed by atoms with Crippen LogP contribution in [-0.2, 0) is 16.1 Å². The van der Waals surface area contributed by atoms with Crippen molar-refractivity contribution in [3.05, 3.63) is 64.9 Å². The third kappa shape index (κ3) is 4.99. The number of carbonyl (C=O) groups excluding carboxylic acids is 2. The van der Waals surface area contributed by atoms with Gasteiger partial charge >= 0.3 is 11.8 Å². The van der Waals surface area contributed by atoms with Gasteiger partial charge < -0.3 is 5.32 Å². The van der Waals surface area contributed by atoms with Crippen molar-refractivity contribution < 1.29 is 9.59 Å². The molecule has 0 aliphatic heterocycles. The Morgan fingerprint density at radius 3 is 2.82 bits per heavy atom. The Hall–Kier alpha value is -2.73. The van der Waals surface area contributed by atoms with E-state index in [1.807, 2.05) is 0 Å². The van der Waals surface area contributed by atoms with Gasteiger partial charge in [0.1, 0.15) is 0 Å². The van der Waals surface area contributed by atoms with Crippen molar-refractivity contribution in [2.75, 3.05) is 0 Å². The van der Waals surface area contributed by atoms with Gasteiger partial charge in [-0.25, -0.2) is 5.43 Å². The fourth-order valence-corrected chi connectivity index (χ4v) is 1.77. The van der Waals surface area contributed by atoms with Gasteiger partial charge in [0.2, 0.25) is 0 Å². The summed E-state index contributed by atoms with van der Waals surface area (Å²) in [5.41, 5.74) is 3.66. The molecule has 0 saturated carbocycles. The molecule has 0 radical (unpaired) electrons. The minimum atomic E-state index is -0.845. The maximum absolute atomic E-state index is 11.6. The number of hydrogen-bond acceptors (Lipinski definition) is 4. The lowest BCUT2D eigenvalue weighted by atomic mass is 10.2. The average Bonchev–Trinajstić information content (AvgIpc) is 2.53. The van der Waals surface area contributed by atoms with Crippen LogP contribution in [0.2, 0.25) is 5.02 Å². The molecule has 0 saturated heterocycles. The molecule has 0 aliphatic rings. The number of halogens is 1. The minimum Gasteiger partial charge on any atom is -0.344 e. The third-order valence-corrected chi connectivity index (χ3v) is 2.85. The fraction of sp³-hybridized carbons (Fsp3) is 0.0667. The van der Waals surface area contributed by atoms with E-state index in [0.717, 1.165) is 5.56 Å². The molecule has 2 aromatic rings. The standard InChI is InChI=1S/C15H13ClN4O2/c16-13-5-1-3-11(7-13)10-19-20-15(22)14(21)18-9-12-4-2-6-17-8-12/h1-8,10H,9H2,(H,18,21)(H,20,22)/b19-10-. The van der Waals surface area contributed by atoms with Crippen molar-refractivity contribution in [3.63, 3.8) is 0 Å². The molecule has 2 amide bonds. The summed E-state index contributed by atoms with van der Waals surface area (Å²) in [5.74, 6) is -1.62. The third-order valence-electron chi connectivity index (χ3n) is 2.61. The lowest BCUT2D eigenvalue weighted by molar-refractivity contribution is -0.139. The van der Waals surface area contributed by atoms with E-state index >= 15 is 0 Å². The van der Waals surface area contributed by atoms with Gasteiger partial charge in [0.25, 0.3) is 0 Å². The first-order chi connectivity index (χ1) is 10.6. The summed E-state index contributed by atoms with van der Waals surface area (Å²) in [5, 5.41) is 6.73. The van der Waals surface area contributed by atoms with Crippen molar-refractivity contribution in [1.29, 1.82) is 0 Å². The highest BCUT2D eigenvalue weighted by atomic mass is 35.5. The molecule has 1 aromatic carbocycles. The van der Waals surface area contributed by atoms with E-state index in [2.05, 4.69) is 20.8 Å². The number of pyridine rings is 1. The summed E-state index contributed by atoms with van der Waals surface area (Å²) in [6.07, 6.45) is 4.64. The van der Waals surface area contributed by atoms with Gasteiger partial charge in [-0.15, -0.1) is 0 Å². The monoisotopic (exact) mass is 316 g/mol. The molecule has 7 heteroatoms. The van der Waals surface area contributed by atoms with Crippen molar-refractivity contribution in [2.24, 2.45) is 5.10 Å². The number of benzene rings is 1. The zero-order chi connectivity index (χ0) is 15.8. The molecule has 0 atom stereocenters. The maximum Gasteiger partial charge on any atom is 0.329 e. The molecular weight excluding hydrogens is 304 g/mol. The van der Waals surface area contributed by atoms with Gasteiger partial charge in [-0.1, -0.05) is 29.8 Å². The van der Waals surface area contributed by atoms with Gasteiger partial charge in [-0.05, 0) is 29.3 Å². The van der Waals surface area contributed by atoms with Crippen LogP contribution in [0.4, 0.5) is 0 Å². The van der Waals surface area contributed by atoms with Gasteiger partial charge in [0.05, 0.1) is 6.21 Å². The van der Waals surface area contributed by atoms with E-state index < -0.39 is 11.8 Å². The van der Waals surface area contributed by atoms with Crippen LogP contribution in [0.15, 0.2) is 53.9 Å². The second-order valence-electron chi connectivity index (χ2n) is 4.30. The van der Waals surface area contributed by atoms with Gasteiger partial charge in [0, 0.05) is 24.0 Å². The molecule has 6 nitrogen and oxygen atoms in total. The summed E-state index contributed by atoms with van der Waals surface area (Å²) in [6, 6.07) is 10.5. The number of nitrogens with one attached hydrogen (secondary N) is 2. The smallest absolute Gasteiger partial charge is 0.329 e. The van der Waals surface area contributed by atoms with Crippen LogP contribution in [0.3, 0.4) is 0 Å². The number of hydrogen-bond donors (Lipinski definition) is 2. The second kappa shape index (κ2) is 7.90. The molecule has 0 fully saturated rings. The van der Waals surface area contributed by atoms with Crippen molar-refractivity contribution in [1.82, 2.24) is 15.7 Å². The Balaban J connectivity index is 1.80. The van der Waals surface area contributed by atoms with Crippen molar-refractivity contribution in [2.45, 2.75) is 6.54 Å². The van der Waals surface area contributed by atoms with E-state index in [0.29, 0.717) is 10.6 Å². The zero-order valence-electron chi connectivity index (χ0n) is 11.5. The molecule has 2 rings (SSSR count). The number of amides is 2. The molecule has 0 unspecified atom stereocenters. The first kappa shape index (κ1) is 15.7. The summed E-state index contributed by atoms with van der Waals surface area (Å²) < 4.78 is 0. The fourth-order valence-electron chi connectivity index (χ4n) is 1.57. The van der Waals surface area contributed by atoms with E-state index in [1.165, 1.54) is 6.21 Å². The van der Waals surface area contributed by atoms with Crippen LogP contribution >= 0.6 is 11.6 Å². The first-order valence-corrected chi connectivity index (χ1v) is 6.78. The second-order valence-corrected chi connectivity index (χ2v) is 4.73. The summed E-state index contributed by atoms with van der Waals surface area (Å²) in [6.45, 7) is 0.220. The Morgan fingerprint density at radius 1 is 1.23 bits per heavy atom. The average molecular weight is 317 g/mol. The number of carbonyl (C=O) groups is 2. The van der Waals surface area contributed by atoms with Crippen LogP contribution in [0.25, 0.3) is 0 Å². The Bertz CT molecular complexity index is 689. The molecule has 0 spiro atoms. The SMILES string of the molecule is O=C(NCc1cccnc1)C(=O)N/N=C\c1cccc(Cl)c1. The van der Waals surface area contributed by atoms with E-state index in [-0.39, 0.29) is 6.54 Å². The van der Waals surface area contributed by atoms with Crippen molar-refractivity contribution in [3.8, 4) is 0 Å². The van der Waals surface area contributed by atoms with Gasteiger partial charge in [-0.3, -0.25) is 14.6 Å². The highest BCUT2D eigenvalue weighted by molar-refractivity contribution is 6.35. The summed E-state index contributed by atoms with van der Waals surface area (Å²) in [7, 11) is 0. The lowest BCUT2D eigenvalue weighted by Crippen LogP contribution is -2.37. The molecule has 1 aromatic heterocycles. The largest absolute Gasteiger partial charge is 0.344 e. The zero-order valence-corrected chi connectivity index (χ0v) is 12.2. The minimum absolute atomic E-state index is 0.220. The van der Waals surface area contributed by atoms with E-state index in [9.17, 15) is 9.59 Å². The Kier molecular flexibility index (Phi) is 5.62. The molecule has 22 heavy (non-hydrogen) atoms. The maximum atomic E-state index is 11.6. The predicted molar refractivity (Wildman–Crippen MR) is 83.3 cm³/mol. The van der Waals surface area contributed by atoms with Gasteiger partial charge in [-0.2, -0.15) is 5.10 Å². The number of nitrogens with zero attached hydrogens (tertiary/aromatic N) is 2. The highest BCUT2D eigenvalue weighted by Gasteiger charge is 2.11. The van der Waals surface area contributed by atoms with E-state index in [4.69, 9.17) is 11.6 Å². The molecule has 0 bridgehead atoms. The van der Waals surface area contributed by atoms with Crippen molar-refractivity contribution >= 4 is 29.6 Å². The number of rotatable bonds is 4. The number of hydrazone groups is 1. The van der Waals surface area contributed by atoms with Crippen LogP contribution in [0, 0.1) is 0 Å². The quantitative estimate of drug-likeness (QED) is 0.509. The first-order valence-electron chi connectivity index (χ1n) is 6.41. The van der Waals surface area contributed by atoms with Crippen LogP contribution < -0.4 is 10.7 Å². The molecule has 0 aliphatic carbocycles. The highest BCUT2D eigenvalue weighted by Crippen LogP contribution is 2.08. The summed E-state index contributed by atoms with van der Waals surface area (Å²) >= 11 is 5.82. The van der Waals surface area contributed by atoms with Crippen LogP contribution in [0.1, 0.15) is 11.1 Å². The predicted octanol–water partition coefficient (Wildman–Crippen LogP) is 1.50. The van der Waals surface area contributed by atoms with E-state index in [1.54, 1.807) is 48.8 Å². The van der Waals surface area contributed by atoms with Crippen LogP contribution in [0.5, 0.6) is 0 Å². The topological polar surface area (TPSA) is 83.5 Å². The van der Waals surface area contributed by atoms with Gasteiger partial charge in [0.15, 0.2) is 0 Å². The molecule has 1 heterocycles. The Morgan fingerprint density at radius 2 is 2.09 bits per heavy atom. The lowest BCUT2D eigenvalue weighted by Gasteiger charge is -2.03. The van der Waals surface area contributed by atoms with Crippen LogP contribution in [-0.4, -0.2) is 23.0 Å². The molecule has 2 N–H and O–H groups in total. The normalized spacial score (nSPS) is 10.4. The summed E-state index contributed by atoms with van der Waals surface area (Å²) in [4.78, 5) is 27.0. The molecule has 112 valence electrons.